The van der Waals surface area contributed by atoms with Crippen molar-refractivity contribution in [2.45, 2.75) is 6.42 Å². The van der Waals surface area contributed by atoms with Crippen molar-refractivity contribution < 1.29 is 23.9 Å². The zero-order chi connectivity index (χ0) is 18.1. The molecule has 1 aromatic rings. The summed E-state index contributed by atoms with van der Waals surface area (Å²) in [6.07, 6.45) is 0.771. The van der Waals surface area contributed by atoms with Crippen LogP contribution >= 0.6 is 0 Å². The van der Waals surface area contributed by atoms with Crippen LogP contribution in [-0.2, 0) is 19.1 Å². The first-order chi connectivity index (χ1) is 12.1. The second-order valence-electron chi connectivity index (χ2n) is 5.59. The van der Waals surface area contributed by atoms with Crippen LogP contribution in [-0.4, -0.2) is 69.2 Å². The Labute approximate surface area is 146 Å². The lowest BCUT2D eigenvalue weighted by molar-refractivity contribution is -0.136. The number of carbonyl (C=O) groups is 3. The molecule has 0 radical (unpaired) electrons. The highest BCUT2D eigenvalue weighted by atomic mass is 16.5. The molecule has 1 saturated heterocycles. The third kappa shape index (κ3) is 6.17. The second kappa shape index (κ2) is 9.75. The standard InChI is InChI=1S/C17H23N3O5/c1-24-17(23)13-3-5-14(6-4-13)19-16(22)15(21)18-7-2-8-20-9-11-25-12-10-20/h3-6H,2,7-12H2,1H3,(H,18,21)(H,19,22). The fourth-order valence-electron chi connectivity index (χ4n) is 2.40. The summed E-state index contributed by atoms with van der Waals surface area (Å²) in [5.41, 5.74) is 0.800. The van der Waals surface area contributed by atoms with Gasteiger partial charge in [-0.05, 0) is 37.2 Å². The molecule has 1 aliphatic rings. The Bertz CT molecular complexity index is 597. The van der Waals surface area contributed by atoms with E-state index in [4.69, 9.17) is 4.74 Å². The highest BCUT2D eigenvalue weighted by Gasteiger charge is 2.14. The number of hydrogen-bond acceptors (Lipinski definition) is 6. The molecular formula is C17H23N3O5. The lowest BCUT2D eigenvalue weighted by atomic mass is 10.2. The summed E-state index contributed by atoms with van der Waals surface area (Å²) in [7, 11) is 1.29. The molecule has 0 unspecified atom stereocenters. The molecule has 136 valence electrons. The molecule has 1 fully saturated rings. The molecule has 8 nitrogen and oxygen atoms in total. The largest absolute Gasteiger partial charge is 0.465 e. The summed E-state index contributed by atoms with van der Waals surface area (Å²) < 4.78 is 9.86. The Balaban J connectivity index is 1.69. The summed E-state index contributed by atoms with van der Waals surface area (Å²) in [5.74, 6) is -1.88. The second-order valence-corrected chi connectivity index (χ2v) is 5.59. The lowest BCUT2D eigenvalue weighted by Gasteiger charge is -2.26. The van der Waals surface area contributed by atoms with Gasteiger partial charge in [0.05, 0.1) is 25.9 Å². The minimum absolute atomic E-state index is 0.369. The van der Waals surface area contributed by atoms with Crippen molar-refractivity contribution in [3.05, 3.63) is 29.8 Å². The summed E-state index contributed by atoms with van der Waals surface area (Å²) in [5, 5.41) is 5.08. The average molecular weight is 349 g/mol. The number of esters is 1. The van der Waals surface area contributed by atoms with E-state index in [0.717, 1.165) is 39.3 Å². The van der Waals surface area contributed by atoms with Gasteiger partial charge < -0.3 is 20.1 Å². The van der Waals surface area contributed by atoms with Gasteiger partial charge in [-0.1, -0.05) is 0 Å². The van der Waals surface area contributed by atoms with E-state index in [1.807, 2.05) is 0 Å². The SMILES string of the molecule is COC(=O)c1ccc(NC(=O)C(=O)NCCCN2CCOCC2)cc1. The van der Waals surface area contributed by atoms with Crippen molar-refractivity contribution in [3.63, 3.8) is 0 Å². The number of anilines is 1. The maximum absolute atomic E-state index is 11.8. The predicted octanol–water partition coefficient (Wildman–Crippen LogP) is 0.250. The van der Waals surface area contributed by atoms with Crippen molar-refractivity contribution in [2.75, 3.05) is 51.8 Å². The minimum atomic E-state index is -0.739. The Morgan fingerprint density at radius 3 is 2.44 bits per heavy atom. The van der Waals surface area contributed by atoms with Gasteiger partial charge in [0.25, 0.3) is 0 Å². The molecule has 1 aromatic carbocycles. The van der Waals surface area contributed by atoms with Crippen molar-refractivity contribution in [2.24, 2.45) is 0 Å². The van der Waals surface area contributed by atoms with E-state index in [9.17, 15) is 14.4 Å². The zero-order valence-corrected chi connectivity index (χ0v) is 14.2. The van der Waals surface area contributed by atoms with Crippen molar-refractivity contribution in [1.29, 1.82) is 0 Å². The van der Waals surface area contributed by atoms with Gasteiger partial charge in [-0.25, -0.2) is 4.79 Å². The minimum Gasteiger partial charge on any atom is -0.465 e. The van der Waals surface area contributed by atoms with Crippen LogP contribution < -0.4 is 10.6 Å². The number of morpholine rings is 1. The maximum Gasteiger partial charge on any atom is 0.337 e. The Hall–Kier alpha value is -2.45. The van der Waals surface area contributed by atoms with Crippen LogP contribution in [0.3, 0.4) is 0 Å². The third-order valence-corrected chi connectivity index (χ3v) is 3.81. The fraction of sp³-hybridized carbons (Fsp3) is 0.471. The number of rotatable bonds is 6. The van der Waals surface area contributed by atoms with Crippen LogP contribution in [0.4, 0.5) is 5.69 Å². The predicted molar refractivity (Wildman–Crippen MR) is 91.3 cm³/mol. The normalized spacial score (nSPS) is 14.6. The summed E-state index contributed by atoms with van der Waals surface area (Å²) in [4.78, 5) is 37.2. The first-order valence-corrected chi connectivity index (χ1v) is 8.18. The molecule has 0 spiro atoms. The molecule has 8 heteroatoms. The van der Waals surface area contributed by atoms with Crippen molar-refractivity contribution in [3.8, 4) is 0 Å². The molecule has 0 aromatic heterocycles. The van der Waals surface area contributed by atoms with Crippen molar-refractivity contribution in [1.82, 2.24) is 10.2 Å². The van der Waals surface area contributed by atoms with E-state index in [2.05, 4.69) is 20.3 Å². The smallest absolute Gasteiger partial charge is 0.337 e. The Kier molecular flexibility index (Phi) is 7.36. The van der Waals surface area contributed by atoms with Gasteiger partial charge in [0.1, 0.15) is 0 Å². The van der Waals surface area contributed by atoms with Gasteiger partial charge in [-0.2, -0.15) is 0 Å². The number of ether oxygens (including phenoxy) is 2. The maximum atomic E-state index is 11.8. The number of methoxy groups -OCH3 is 1. The van der Waals surface area contributed by atoms with Gasteiger partial charge in [0.2, 0.25) is 0 Å². The molecule has 0 atom stereocenters. The third-order valence-electron chi connectivity index (χ3n) is 3.81. The van der Waals surface area contributed by atoms with E-state index in [-0.39, 0.29) is 0 Å². The Morgan fingerprint density at radius 1 is 1.12 bits per heavy atom. The molecule has 1 aliphatic heterocycles. The number of benzene rings is 1. The molecule has 0 saturated carbocycles. The topological polar surface area (TPSA) is 97.0 Å². The molecule has 2 rings (SSSR count). The van der Waals surface area contributed by atoms with E-state index in [0.29, 0.717) is 17.8 Å². The number of amides is 2. The van der Waals surface area contributed by atoms with Gasteiger partial charge in [-0.15, -0.1) is 0 Å². The molecule has 25 heavy (non-hydrogen) atoms. The number of nitrogens with one attached hydrogen (secondary N) is 2. The molecule has 0 aliphatic carbocycles. The summed E-state index contributed by atoms with van der Waals surface area (Å²) >= 11 is 0. The zero-order valence-electron chi connectivity index (χ0n) is 14.2. The van der Waals surface area contributed by atoms with Gasteiger partial charge in [0.15, 0.2) is 0 Å². The van der Waals surface area contributed by atoms with E-state index in [1.54, 1.807) is 0 Å². The van der Waals surface area contributed by atoms with Crippen LogP contribution in [0.25, 0.3) is 0 Å². The van der Waals surface area contributed by atoms with Gasteiger partial charge in [0, 0.05) is 25.3 Å². The van der Waals surface area contributed by atoms with Crippen molar-refractivity contribution >= 4 is 23.5 Å². The van der Waals surface area contributed by atoms with E-state index in [1.165, 1.54) is 31.4 Å². The van der Waals surface area contributed by atoms with Crippen LogP contribution in [0.5, 0.6) is 0 Å². The van der Waals surface area contributed by atoms with E-state index >= 15 is 0 Å². The first kappa shape index (κ1) is 18.9. The lowest BCUT2D eigenvalue weighted by Crippen LogP contribution is -2.39. The van der Waals surface area contributed by atoms with E-state index < -0.39 is 17.8 Å². The number of carbonyl (C=O) groups excluding carboxylic acids is 3. The van der Waals surface area contributed by atoms with Crippen LogP contribution in [0.15, 0.2) is 24.3 Å². The molecular weight excluding hydrogens is 326 g/mol. The average Bonchev–Trinajstić information content (AvgIpc) is 2.65. The fourth-order valence-corrected chi connectivity index (χ4v) is 2.40. The number of hydrogen-bond donors (Lipinski definition) is 2. The quantitative estimate of drug-likeness (QED) is 0.434. The molecule has 2 N–H and O–H groups in total. The van der Waals surface area contributed by atoms with Gasteiger partial charge >= 0.3 is 17.8 Å². The molecule has 2 amide bonds. The van der Waals surface area contributed by atoms with Crippen LogP contribution in [0, 0.1) is 0 Å². The first-order valence-electron chi connectivity index (χ1n) is 8.18. The monoisotopic (exact) mass is 349 g/mol. The summed E-state index contributed by atoms with van der Waals surface area (Å²) in [6, 6.07) is 6.11. The highest BCUT2D eigenvalue weighted by molar-refractivity contribution is 6.39. The Morgan fingerprint density at radius 2 is 1.80 bits per heavy atom. The molecule has 0 bridgehead atoms. The van der Waals surface area contributed by atoms with Gasteiger partial charge in [-0.3, -0.25) is 14.5 Å². The van der Waals surface area contributed by atoms with Crippen LogP contribution in [0.2, 0.25) is 0 Å². The molecule has 1 heterocycles. The summed E-state index contributed by atoms with van der Waals surface area (Å²) in [6.45, 7) is 4.57. The number of nitrogens with zero attached hydrogens (tertiary/aromatic N) is 1. The van der Waals surface area contributed by atoms with Crippen LogP contribution in [0.1, 0.15) is 16.8 Å². The highest BCUT2D eigenvalue weighted by Crippen LogP contribution is 2.10.